The summed E-state index contributed by atoms with van der Waals surface area (Å²) in [5.41, 5.74) is 4.54. The Bertz CT molecular complexity index is 1130. The van der Waals surface area contributed by atoms with Gasteiger partial charge < -0.3 is 9.88 Å². The van der Waals surface area contributed by atoms with Crippen LogP contribution in [0.1, 0.15) is 30.9 Å². The number of fused-ring (bicyclic) bond motifs is 1. The molecule has 27 heavy (non-hydrogen) atoms. The van der Waals surface area contributed by atoms with Gasteiger partial charge in [0.1, 0.15) is 0 Å². The van der Waals surface area contributed by atoms with Crippen molar-refractivity contribution in [2.24, 2.45) is 0 Å². The molecule has 0 bridgehead atoms. The minimum Gasteiger partial charge on any atom is -0.362 e. The van der Waals surface area contributed by atoms with E-state index in [9.17, 15) is 0 Å². The molecule has 1 N–H and O–H groups in total. The van der Waals surface area contributed by atoms with Crippen LogP contribution in [-0.4, -0.2) is 11.3 Å². The second kappa shape index (κ2) is 6.66. The van der Waals surface area contributed by atoms with Crippen LogP contribution in [0.25, 0.3) is 29.5 Å². The zero-order valence-electron chi connectivity index (χ0n) is 15.7. The number of nitriles is 1. The van der Waals surface area contributed by atoms with Crippen molar-refractivity contribution in [2.75, 3.05) is 0 Å². The van der Waals surface area contributed by atoms with Crippen LogP contribution in [0.15, 0.2) is 48.8 Å². The normalized spacial score (nSPS) is 20.3. The van der Waals surface area contributed by atoms with Gasteiger partial charge in [0.2, 0.25) is 0 Å². The smallest absolute Gasteiger partial charge is 0.271 e. The first-order valence-electron chi connectivity index (χ1n) is 9.54. The van der Waals surface area contributed by atoms with Crippen molar-refractivity contribution in [3.05, 3.63) is 65.1 Å². The van der Waals surface area contributed by atoms with Gasteiger partial charge in [-0.05, 0) is 42.8 Å². The number of aromatic nitrogens is 1. The molecule has 1 unspecified atom stereocenters. The van der Waals surface area contributed by atoms with Gasteiger partial charge in [-0.3, -0.25) is 0 Å². The van der Waals surface area contributed by atoms with Crippen LogP contribution < -0.4 is 16.0 Å². The molecule has 1 atom stereocenters. The molecule has 3 heterocycles. The second-order valence-electron chi connectivity index (χ2n) is 7.66. The van der Waals surface area contributed by atoms with E-state index in [1.807, 2.05) is 0 Å². The fourth-order valence-corrected chi connectivity index (χ4v) is 4.39. The third-order valence-corrected chi connectivity index (χ3v) is 5.96. The number of allylic oxidation sites excluding steroid dienone is 4. The summed E-state index contributed by atoms with van der Waals surface area (Å²) in [6.07, 6.45) is 6.86. The monoisotopic (exact) mass is 353 g/mol. The molecular formula is C23H24BN3. The number of nitrogens with zero attached hydrogens (tertiary/aromatic N) is 2. The number of piperidine rings is 1. The summed E-state index contributed by atoms with van der Waals surface area (Å²) < 4.78 is 2.22. The predicted molar refractivity (Wildman–Crippen MR) is 115 cm³/mol. The van der Waals surface area contributed by atoms with Crippen LogP contribution in [-0.2, 0) is 0 Å². The maximum Gasteiger partial charge on any atom is 0.271 e. The highest BCUT2D eigenvalue weighted by atomic mass is 15.1. The molecule has 1 aromatic heterocycles. The highest BCUT2D eigenvalue weighted by Crippen LogP contribution is 2.30. The minimum absolute atomic E-state index is 0.150. The summed E-state index contributed by atoms with van der Waals surface area (Å²) in [5.74, 6) is 2.38. The van der Waals surface area contributed by atoms with Gasteiger partial charge in [-0.25, -0.2) is 5.26 Å². The average Bonchev–Trinajstić information content (AvgIpc) is 2.92. The highest BCUT2D eigenvalue weighted by molar-refractivity contribution is 6.67. The van der Waals surface area contributed by atoms with Gasteiger partial charge in [-0.2, -0.15) is 0 Å². The Morgan fingerprint density at radius 1 is 1.11 bits per heavy atom. The molecule has 1 aromatic carbocycles. The molecule has 0 amide bonds. The molecule has 4 heteroatoms. The first kappa shape index (κ1) is 17.5. The summed E-state index contributed by atoms with van der Waals surface area (Å²) >= 11 is 0. The van der Waals surface area contributed by atoms with E-state index < -0.39 is 0 Å². The van der Waals surface area contributed by atoms with Gasteiger partial charge in [0.25, 0.3) is 6.71 Å². The zero-order valence-corrected chi connectivity index (χ0v) is 15.7. The Balaban J connectivity index is 1.77. The molecule has 0 saturated carbocycles. The fraction of sp³-hybridized carbons (Fsp3) is 0.261. The molecule has 134 valence electrons. The maximum atomic E-state index is 9.11. The summed E-state index contributed by atoms with van der Waals surface area (Å²) in [7, 11) is 0. The third-order valence-electron chi connectivity index (χ3n) is 5.96. The van der Waals surface area contributed by atoms with Crippen LogP contribution in [0.2, 0.25) is 12.6 Å². The van der Waals surface area contributed by atoms with Crippen molar-refractivity contribution < 1.29 is 0 Å². The van der Waals surface area contributed by atoms with E-state index in [1.54, 1.807) is 0 Å². The molecule has 3 nitrogen and oxygen atoms in total. The number of hydrogen-bond donors (Lipinski definition) is 1. The van der Waals surface area contributed by atoms with Crippen LogP contribution in [0.4, 0.5) is 0 Å². The topological polar surface area (TPSA) is 40.8 Å². The molecule has 2 aromatic rings. The standard InChI is InChI=1S/C23H24BN3/c1-15-5-8-23(16(2)26-15)27-17(3)21-7-6-20(13-22(21)18(27)4)19-9-11-24(14-25)12-10-19/h6-7,9,13,23,26H,1-5,8,10-12H2. The lowest BCUT2D eigenvalue weighted by molar-refractivity contribution is 0.458. The van der Waals surface area contributed by atoms with E-state index >= 15 is 0 Å². The average molecular weight is 353 g/mol. The first-order chi connectivity index (χ1) is 13.0. The minimum atomic E-state index is 0.150. The van der Waals surface area contributed by atoms with E-state index in [4.69, 9.17) is 5.26 Å². The van der Waals surface area contributed by atoms with E-state index in [1.165, 1.54) is 11.1 Å². The van der Waals surface area contributed by atoms with Gasteiger partial charge in [0, 0.05) is 38.8 Å². The predicted octanol–water partition coefficient (Wildman–Crippen LogP) is 3.76. The van der Waals surface area contributed by atoms with E-state index in [0.29, 0.717) is 0 Å². The lowest BCUT2D eigenvalue weighted by atomic mass is 9.43. The SMILES string of the molecule is C=C1CCC(n2c(=C)c3ccc(C4=CCB(C#N)CC4)cc3c2=C)C(=C)N1. The Labute approximate surface area is 160 Å². The van der Waals surface area contributed by atoms with Crippen molar-refractivity contribution in [1.82, 2.24) is 9.88 Å². The van der Waals surface area contributed by atoms with Crippen molar-refractivity contribution in [1.29, 1.82) is 5.26 Å². The molecule has 4 rings (SSSR count). The Kier molecular flexibility index (Phi) is 4.32. The van der Waals surface area contributed by atoms with E-state index in [0.717, 1.165) is 64.8 Å². The summed E-state index contributed by atoms with van der Waals surface area (Å²) in [6, 6.07) is 6.72. The highest BCUT2D eigenvalue weighted by Gasteiger charge is 2.23. The van der Waals surface area contributed by atoms with Crippen molar-refractivity contribution in [3.63, 3.8) is 0 Å². The summed E-state index contributed by atoms with van der Waals surface area (Å²) in [6.45, 7) is 17.1. The van der Waals surface area contributed by atoms with Crippen LogP contribution >= 0.6 is 0 Å². The molecule has 0 spiro atoms. The fourth-order valence-electron chi connectivity index (χ4n) is 4.39. The number of benzene rings is 1. The lowest BCUT2D eigenvalue weighted by Crippen LogP contribution is -2.36. The lowest BCUT2D eigenvalue weighted by Gasteiger charge is -2.29. The van der Waals surface area contributed by atoms with Crippen LogP contribution in [0.5, 0.6) is 0 Å². The van der Waals surface area contributed by atoms with Crippen molar-refractivity contribution >= 4 is 36.2 Å². The van der Waals surface area contributed by atoms with Gasteiger partial charge in [0.15, 0.2) is 0 Å². The second-order valence-corrected chi connectivity index (χ2v) is 7.66. The molecule has 0 radical (unpaired) electrons. The van der Waals surface area contributed by atoms with Gasteiger partial charge in [-0.1, -0.05) is 50.8 Å². The molecular weight excluding hydrogens is 329 g/mol. The quantitative estimate of drug-likeness (QED) is 0.836. The molecule has 2 aliphatic rings. The Morgan fingerprint density at radius 2 is 1.89 bits per heavy atom. The van der Waals surface area contributed by atoms with E-state index in [-0.39, 0.29) is 12.8 Å². The Morgan fingerprint density at radius 3 is 2.56 bits per heavy atom. The molecule has 1 saturated heterocycles. The molecule has 1 fully saturated rings. The van der Waals surface area contributed by atoms with Crippen molar-refractivity contribution in [3.8, 4) is 5.97 Å². The number of rotatable bonds is 2. The number of nitrogens with one attached hydrogen (secondary N) is 1. The van der Waals surface area contributed by atoms with Crippen molar-refractivity contribution in [2.45, 2.75) is 37.9 Å². The van der Waals surface area contributed by atoms with Crippen LogP contribution in [0, 0.1) is 11.2 Å². The number of hydrogen-bond acceptors (Lipinski definition) is 2. The zero-order chi connectivity index (χ0) is 19.1. The largest absolute Gasteiger partial charge is 0.362 e. The maximum absolute atomic E-state index is 9.11. The summed E-state index contributed by atoms with van der Waals surface area (Å²) in [4.78, 5) is 0. The Hall–Kier alpha value is -2.93. The van der Waals surface area contributed by atoms with Crippen LogP contribution in [0.3, 0.4) is 0 Å². The molecule has 0 aliphatic carbocycles. The van der Waals surface area contributed by atoms with Gasteiger partial charge >= 0.3 is 0 Å². The van der Waals surface area contributed by atoms with Gasteiger partial charge in [-0.15, -0.1) is 0 Å². The molecule has 2 aliphatic heterocycles. The van der Waals surface area contributed by atoms with Gasteiger partial charge in [0.05, 0.1) is 6.04 Å². The third kappa shape index (κ3) is 2.94. The first-order valence-corrected chi connectivity index (χ1v) is 9.54. The van der Waals surface area contributed by atoms with E-state index in [2.05, 4.69) is 66.4 Å². The summed E-state index contributed by atoms with van der Waals surface area (Å²) in [5, 5.41) is 16.7.